The summed E-state index contributed by atoms with van der Waals surface area (Å²) < 4.78 is 14.9. The first kappa shape index (κ1) is 28.2. The lowest BCUT2D eigenvalue weighted by atomic mass is 9.80. The maximum Gasteiger partial charge on any atom is 0.314 e. The molecule has 0 unspecified atom stereocenters. The molecule has 0 amide bonds. The largest absolute Gasteiger partial charge is 0.425 e. The lowest BCUT2D eigenvalue weighted by Crippen LogP contribution is -2.28. The van der Waals surface area contributed by atoms with Crippen LogP contribution in [-0.2, 0) is 19.2 Å². The summed E-state index contributed by atoms with van der Waals surface area (Å²) in [4.78, 5) is 55.7. The summed E-state index contributed by atoms with van der Waals surface area (Å²) in [5, 5.41) is 2.84. The maximum absolute atomic E-state index is 13.2. The van der Waals surface area contributed by atoms with Gasteiger partial charge in [0.05, 0.1) is 16.7 Å². The molecule has 3 heterocycles. The molecule has 10 heteroatoms. The van der Waals surface area contributed by atoms with Crippen LogP contribution >= 0.6 is 34.0 Å². The zero-order valence-electron chi connectivity index (χ0n) is 23.0. The van der Waals surface area contributed by atoms with Gasteiger partial charge in [0.25, 0.3) is 0 Å². The Bertz CT molecular complexity index is 1520. The van der Waals surface area contributed by atoms with Crippen molar-refractivity contribution in [1.82, 2.24) is 4.98 Å². The van der Waals surface area contributed by atoms with Crippen molar-refractivity contribution in [1.29, 1.82) is 0 Å². The summed E-state index contributed by atoms with van der Waals surface area (Å²) in [6.07, 6.45) is 5.32. The highest BCUT2D eigenvalue weighted by atomic mass is 32.1. The van der Waals surface area contributed by atoms with Gasteiger partial charge in [-0.2, -0.15) is 0 Å². The van der Waals surface area contributed by atoms with Gasteiger partial charge in [0.15, 0.2) is 11.5 Å². The van der Waals surface area contributed by atoms with Crippen LogP contribution in [0.2, 0.25) is 0 Å². The van der Waals surface area contributed by atoms with Gasteiger partial charge in [0, 0.05) is 21.2 Å². The number of thiazole rings is 1. The molecule has 0 saturated heterocycles. The Labute approximate surface area is 249 Å². The number of aromatic nitrogens is 1. The monoisotopic (exact) mass is 609 g/mol. The van der Waals surface area contributed by atoms with Gasteiger partial charge in [-0.3, -0.25) is 19.2 Å². The highest BCUT2D eigenvalue weighted by Gasteiger charge is 2.32. The maximum atomic E-state index is 13.2. The highest BCUT2D eigenvalue weighted by Crippen LogP contribution is 2.45. The third kappa shape index (κ3) is 5.87. The molecule has 0 bridgehead atoms. The summed E-state index contributed by atoms with van der Waals surface area (Å²) in [5.74, 6) is 0.0492. The number of fused-ring (bicyclic) bond motifs is 2. The average molecular weight is 610 g/mol. The lowest BCUT2D eigenvalue weighted by molar-refractivity contribution is -0.141. The van der Waals surface area contributed by atoms with Crippen molar-refractivity contribution >= 4 is 77.1 Å². The number of rotatable bonds is 7. The van der Waals surface area contributed by atoms with E-state index < -0.39 is 0 Å². The van der Waals surface area contributed by atoms with Crippen LogP contribution in [-0.4, -0.2) is 28.5 Å². The van der Waals surface area contributed by atoms with Gasteiger partial charge >= 0.3 is 11.9 Å². The molecule has 4 aromatic rings. The minimum Gasteiger partial charge on any atom is -0.425 e. The van der Waals surface area contributed by atoms with Gasteiger partial charge in [0.1, 0.15) is 26.8 Å². The van der Waals surface area contributed by atoms with E-state index in [9.17, 15) is 19.2 Å². The standard InChI is InChI=1S/C31H31NO6S3/c1-16(33)18-3-7-20(8-4-18)30(35)37-22-11-12-23(38-31(36)21-9-5-19(6-10-21)17(2)34)28-27(22)32-29(41-28)26-15-25-24(40-26)13-14-39-25/h11-15,18-21H,3-10H2,1-2H3. The Hall–Kier alpha value is -2.95. The first-order valence-electron chi connectivity index (χ1n) is 14.1. The van der Waals surface area contributed by atoms with E-state index in [1.54, 1.807) is 48.7 Å². The number of thiophene rings is 2. The summed E-state index contributed by atoms with van der Waals surface area (Å²) in [7, 11) is 0. The Kier molecular flexibility index (Phi) is 8.07. The van der Waals surface area contributed by atoms with Gasteiger partial charge in [-0.25, -0.2) is 4.98 Å². The second-order valence-electron chi connectivity index (χ2n) is 11.2. The SMILES string of the molecule is CC(=O)C1CCC(C(=O)Oc2ccc(OC(=O)C3CCC(C(C)=O)CC3)c3sc(-c4cc5sccc5s4)nc23)CC1. The fourth-order valence-corrected chi connectivity index (χ4v) is 9.14. The summed E-state index contributed by atoms with van der Waals surface area (Å²) in [5.41, 5.74) is 0.498. The molecule has 7 nitrogen and oxygen atoms in total. The predicted octanol–water partition coefficient (Wildman–Crippen LogP) is 7.84. The Morgan fingerprint density at radius 3 is 1.80 bits per heavy atom. The van der Waals surface area contributed by atoms with E-state index in [1.807, 2.05) is 0 Å². The Morgan fingerprint density at radius 1 is 0.707 bits per heavy atom. The number of esters is 2. The van der Waals surface area contributed by atoms with Gasteiger partial charge in [-0.05, 0) is 94.9 Å². The first-order valence-corrected chi connectivity index (χ1v) is 16.6. The fourth-order valence-electron chi connectivity index (χ4n) is 5.95. The summed E-state index contributed by atoms with van der Waals surface area (Å²) >= 11 is 4.75. The number of ketones is 2. The second kappa shape index (κ2) is 11.7. The van der Waals surface area contributed by atoms with Crippen molar-refractivity contribution < 1.29 is 28.7 Å². The van der Waals surface area contributed by atoms with Crippen LogP contribution in [0.25, 0.3) is 29.5 Å². The molecule has 0 aliphatic heterocycles. The molecule has 2 saturated carbocycles. The van der Waals surface area contributed by atoms with Crippen molar-refractivity contribution in [3.05, 3.63) is 29.6 Å². The molecule has 214 valence electrons. The third-order valence-electron chi connectivity index (χ3n) is 8.51. The normalized spacial score (nSPS) is 23.0. The predicted molar refractivity (Wildman–Crippen MR) is 162 cm³/mol. The highest BCUT2D eigenvalue weighted by molar-refractivity contribution is 7.31. The van der Waals surface area contributed by atoms with E-state index in [-0.39, 0.29) is 47.2 Å². The van der Waals surface area contributed by atoms with Crippen LogP contribution in [0, 0.1) is 23.7 Å². The number of ether oxygens (including phenoxy) is 2. The molecule has 1 aromatic carbocycles. The van der Waals surface area contributed by atoms with Crippen molar-refractivity contribution in [2.24, 2.45) is 23.7 Å². The van der Waals surface area contributed by atoms with Crippen LogP contribution in [0.3, 0.4) is 0 Å². The van der Waals surface area contributed by atoms with Gasteiger partial charge in [-0.15, -0.1) is 34.0 Å². The van der Waals surface area contributed by atoms with E-state index in [0.717, 1.165) is 9.88 Å². The minimum atomic E-state index is -0.313. The number of carbonyl (C=O) groups excluding carboxylic acids is 4. The number of benzene rings is 1. The summed E-state index contributed by atoms with van der Waals surface area (Å²) in [6, 6.07) is 7.54. The second-order valence-corrected chi connectivity index (χ2v) is 14.2. The number of Topliss-reactive ketones (excluding diaryl/α,β-unsaturated/α-hetero) is 2. The average Bonchev–Trinajstić information content (AvgIpc) is 3.70. The molecule has 0 atom stereocenters. The molecule has 2 aliphatic rings. The smallest absolute Gasteiger partial charge is 0.314 e. The van der Waals surface area contributed by atoms with Crippen molar-refractivity contribution in [2.75, 3.05) is 0 Å². The van der Waals surface area contributed by atoms with Gasteiger partial charge in [0.2, 0.25) is 0 Å². The quantitative estimate of drug-likeness (QED) is 0.155. The van der Waals surface area contributed by atoms with E-state index >= 15 is 0 Å². The zero-order valence-corrected chi connectivity index (χ0v) is 25.4. The molecular formula is C31H31NO6S3. The molecule has 6 rings (SSSR count). The molecular weight excluding hydrogens is 579 g/mol. The van der Waals surface area contributed by atoms with E-state index in [1.165, 1.54) is 20.7 Å². The zero-order chi connectivity index (χ0) is 28.7. The molecule has 2 fully saturated rings. The molecule has 0 radical (unpaired) electrons. The fraction of sp³-hybridized carbons (Fsp3) is 0.452. The molecule has 0 N–H and O–H groups in total. The molecule has 3 aromatic heterocycles. The molecule has 2 aliphatic carbocycles. The third-order valence-corrected chi connectivity index (χ3v) is 11.8. The lowest BCUT2D eigenvalue weighted by Gasteiger charge is -2.25. The van der Waals surface area contributed by atoms with Crippen molar-refractivity contribution in [2.45, 2.75) is 65.2 Å². The number of hydrogen-bond acceptors (Lipinski definition) is 10. The van der Waals surface area contributed by atoms with Crippen LogP contribution in [0.15, 0.2) is 29.6 Å². The topological polar surface area (TPSA) is 99.6 Å². The number of carbonyl (C=O) groups is 4. The van der Waals surface area contributed by atoms with E-state index in [0.29, 0.717) is 73.1 Å². The van der Waals surface area contributed by atoms with E-state index in [2.05, 4.69) is 17.5 Å². The minimum absolute atomic E-state index is 0.0266. The van der Waals surface area contributed by atoms with Crippen molar-refractivity contribution in [3.63, 3.8) is 0 Å². The first-order chi connectivity index (χ1) is 19.8. The van der Waals surface area contributed by atoms with Crippen LogP contribution in [0.1, 0.15) is 65.2 Å². The van der Waals surface area contributed by atoms with Crippen LogP contribution < -0.4 is 9.47 Å². The summed E-state index contributed by atoms with van der Waals surface area (Å²) in [6.45, 7) is 3.23. The Morgan fingerprint density at radius 2 is 1.24 bits per heavy atom. The van der Waals surface area contributed by atoms with E-state index in [4.69, 9.17) is 14.5 Å². The van der Waals surface area contributed by atoms with Gasteiger partial charge in [-0.1, -0.05) is 0 Å². The van der Waals surface area contributed by atoms with Gasteiger partial charge < -0.3 is 9.47 Å². The molecule has 41 heavy (non-hydrogen) atoms. The number of nitrogens with zero attached hydrogens (tertiary/aromatic N) is 1. The molecule has 0 spiro atoms. The number of hydrogen-bond donors (Lipinski definition) is 0. The van der Waals surface area contributed by atoms with Crippen LogP contribution in [0.4, 0.5) is 0 Å². The van der Waals surface area contributed by atoms with Crippen molar-refractivity contribution in [3.8, 4) is 21.4 Å². The van der Waals surface area contributed by atoms with Crippen LogP contribution in [0.5, 0.6) is 11.5 Å². The Balaban J connectivity index is 1.27.